The molecule has 2 heterocycles. The van der Waals surface area contributed by atoms with E-state index in [0.717, 1.165) is 50.1 Å². The van der Waals surface area contributed by atoms with Crippen molar-refractivity contribution in [3.63, 3.8) is 0 Å². The SMILES string of the molecule is CN=C(NCc1ccc(F)c(C)c1)NCC1(N2CCOCC2)CCSC1.I. The zero-order valence-electron chi connectivity index (χ0n) is 16.1. The maximum absolute atomic E-state index is 13.4. The van der Waals surface area contributed by atoms with Gasteiger partial charge in [0.1, 0.15) is 5.82 Å². The van der Waals surface area contributed by atoms with Crippen LogP contribution in [0, 0.1) is 12.7 Å². The van der Waals surface area contributed by atoms with Crippen LogP contribution in [0.2, 0.25) is 0 Å². The first-order chi connectivity index (χ1) is 12.6. The highest BCUT2D eigenvalue weighted by Gasteiger charge is 2.40. The third-order valence-corrected chi connectivity index (χ3v) is 6.49. The fraction of sp³-hybridized carbons (Fsp3) is 0.632. The number of morpholine rings is 1. The van der Waals surface area contributed by atoms with E-state index in [1.54, 1.807) is 14.0 Å². The molecule has 3 rings (SSSR count). The van der Waals surface area contributed by atoms with Gasteiger partial charge in [-0.3, -0.25) is 9.89 Å². The van der Waals surface area contributed by atoms with Gasteiger partial charge in [0.2, 0.25) is 0 Å². The normalized spacial score (nSPS) is 23.7. The van der Waals surface area contributed by atoms with Crippen molar-refractivity contribution in [3.8, 4) is 0 Å². The summed E-state index contributed by atoms with van der Waals surface area (Å²) in [5.41, 5.74) is 1.89. The molecule has 0 radical (unpaired) electrons. The van der Waals surface area contributed by atoms with E-state index in [1.807, 2.05) is 23.9 Å². The number of ether oxygens (including phenoxy) is 1. The maximum Gasteiger partial charge on any atom is 0.191 e. The van der Waals surface area contributed by atoms with Gasteiger partial charge >= 0.3 is 0 Å². The molecule has 2 aliphatic heterocycles. The average Bonchev–Trinajstić information content (AvgIpc) is 3.15. The van der Waals surface area contributed by atoms with Crippen molar-refractivity contribution < 1.29 is 9.13 Å². The van der Waals surface area contributed by atoms with Gasteiger partial charge in [0.05, 0.1) is 13.2 Å². The van der Waals surface area contributed by atoms with Gasteiger partial charge < -0.3 is 15.4 Å². The van der Waals surface area contributed by atoms with Gasteiger partial charge in [0.25, 0.3) is 0 Å². The van der Waals surface area contributed by atoms with Gasteiger partial charge in [-0.1, -0.05) is 12.1 Å². The number of benzene rings is 1. The van der Waals surface area contributed by atoms with E-state index in [-0.39, 0.29) is 35.3 Å². The standard InChI is InChI=1S/C19H29FN4OS.HI/c1-15-11-16(3-4-17(15)20)12-22-18(21-2)23-13-19(5-10-26-14-19)24-6-8-25-9-7-24;/h3-4,11H,5-10,12-14H2,1-2H3,(H2,21,22,23);1H. The summed E-state index contributed by atoms with van der Waals surface area (Å²) >= 11 is 2.03. The Balaban J connectivity index is 0.00000261. The largest absolute Gasteiger partial charge is 0.379 e. The molecule has 1 atom stereocenters. The Kier molecular flexibility index (Phi) is 9.10. The molecular weight excluding hydrogens is 478 g/mol. The first-order valence-electron chi connectivity index (χ1n) is 9.23. The van der Waals surface area contributed by atoms with Crippen LogP contribution >= 0.6 is 35.7 Å². The number of hydrogen-bond donors (Lipinski definition) is 2. The van der Waals surface area contributed by atoms with Crippen LogP contribution in [0.15, 0.2) is 23.2 Å². The second-order valence-corrected chi connectivity index (χ2v) is 8.09. The number of nitrogens with zero attached hydrogens (tertiary/aromatic N) is 2. The lowest BCUT2D eigenvalue weighted by molar-refractivity contribution is -0.0120. The molecule has 27 heavy (non-hydrogen) atoms. The van der Waals surface area contributed by atoms with Crippen molar-refractivity contribution in [1.82, 2.24) is 15.5 Å². The van der Waals surface area contributed by atoms with Crippen molar-refractivity contribution in [2.75, 3.05) is 51.4 Å². The third-order valence-electron chi connectivity index (χ3n) is 5.26. The molecule has 0 aliphatic carbocycles. The molecule has 1 unspecified atom stereocenters. The van der Waals surface area contributed by atoms with Gasteiger partial charge in [-0.05, 0) is 36.3 Å². The molecule has 1 aromatic rings. The van der Waals surface area contributed by atoms with E-state index in [2.05, 4.69) is 20.5 Å². The molecule has 2 fully saturated rings. The topological polar surface area (TPSA) is 48.9 Å². The van der Waals surface area contributed by atoms with Crippen molar-refractivity contribution in [2.24, 2.45) is 4.99 Å². The highest BCUT2D eigenvalue weighted by atomic mass is 127. The van der Waals surface area contributed by atoms with Gasteiger partial charge in [0.15, 0.2) is 5.96 Å². The predicted octanol–water partition coefficient (Wildman–Crippen LogP) is 2.63. The molecule has 0 bridgehead atoms. The van der Waals surface area contributed by atoms with Crippen LogP contribution in [0.1, 0.15) is 17.5 Å². The molecule has 1 aromatic carbocycles. The number of halogens is 2. The van der Waals surface area contributed by atoms with E-state index in [9.17, 15) is 4.39 Å². The minimum atomic E-state index is -0.164. The van der Waals surface area contributed by atoms with Gasteiger partial charge in [-0.2, -0.15) is 11.8 Å². The minimum Gasteiger partial charge on any atom is -0.379 e. The second kappa shape index (κ2) is 10.8. The van der Waals surface area contributed by atoms with Crippen LogP contribution < -0.4 is 10.6 Å². The lowest BCUT2D eigenvalue weighted by atomic mass is 9.95. The van der Waals surface area contributed by atoms with Crippen LogP contribution in [-0.2, 0) is 11.3 Å². The monoisotopic (exact) mass is 508 g/mol. The number of guanidine groups is 1. The molecule has 152 valence electrons. The summed E-state index contributed by atoms with van der Waals surface area (Å²) in [5.74, 6) is 2.98. The second-order valence-electron chi connectivity index (χ2n) is 6.99. The van der Waals surface area contributed by atoms with Gasteiger partial charge in [0, 0.05) is 44.5 Å². The van der Waals surface area contributed by atoms with E-state index in [0.29, 0.717) is 12.1 Å². The zero-order valence-corrected chi connectivity index (χ0v) is 19.2. The molecule has 2 aliphatic rings. The zero-order chi connectivity index (χ0) is 18.4. The lowest BCUT2D eigenvalue weighted by Gasteiger charge is -2.43. The molecular formula is C19H30FIN4OS. The van der Waals surface area contributed by atoms with E-state index in [1.165, 1.54) is 18.2 Å². The minimum absolute atomic E-state index is 0. The molecule has 5 nitrogen and oxygen atoms in total. The summed E-state index contributed by atoms with van der Waals surface area (Å²) in [5, 5.41) is 6.86. The first kappa shape index (κ1) is 22.7. The molecule has 2 saturated heterocycles. The Hall–Kier alpha value is -0.580. The van der Waals surface area contributed by atoms with E-state index >= 15 is 0 Å². The number of thioether (sulfide) groups is 1. The summed E-state index contributed by atoms with van der Waals surface area (Å²) in [4.78, 5) is 6.93. The summed E-state index contributed by atoms with van der Waals surface area (Å²) in [6, 6.07) is 5.20. The average molecular weight is 508 g/mol. The molecule has 8 heteroatoms. The van der Waals surface area contributed by atoms with Crippen LogP contribution in [-0.4, -0.2) is 67.8 Å². The number of aryl methyl sites for hydroxylation is 1. The smallest absolute Gasteiger partial charge is 0.191 e. The number of hydrogen-bond acceptors (Lipinski definition) is 4. The van der Waals surface area contributed by atoms with Crippen molar-refractivity contribution in [3.05, 3.63) is 35.1 Å². The molecule has 2 N–H and O–H groups in total. The quantitative estimate of drug-likeness (QED) is 0.364. The fourth-order valence-corrected chi connectivity index (χ4v) is 5.08. The predicted molar refractivity (Wildman–Crippen MR) is 122 cm³/mol. The Morgan fingerprint density at radius 2 is 2.11 bits per heavy atom. The Morgan fingerprint density at radius 1 is 1.33 bits per heavy atom. The van der Waals surface area contributed by atoms with Crippen LogP contribution in [0.5, 0.6) is 0 Å². The van der Waals surface area contributed by atoms with E-state index in [4.69, 9.17) is 4.74 Å². The number of nitrogens with one attached hydrogen (secondary N) is 2. The summed E-state index contributed by atoms with van der Waals surface area (Å²) in [6.07, 6.45) is 1.19. The highest BCUT2D eigenvalue weighted by Crippen LogP contribution is 2.33. The van der Waals surface area contributed by atoms with Crippen LogP contribution in [0.4, 0.5) is 4.39 Å². The summed E-state index contributed by atoms with van der Waals surface area (Å²) < 4.78 is 18.9. The van der Waals surface area contributed by atoms with Crippen molar-refractivity contribution in [2.45, 2.75) is 25.4 Å². The number of rotatable bonds is 5. The Labute approximate surface area is 182 Å². The van der Waals surface area contributed by atoms with Gasteiger partial charge in [-0.25, -0.2) is 4.39 Å². The Morgan fingerprint density at radius 3 is 2.74 bits per heavy atom. The molecule has 0 spiro atoms. The molecule has 0 amide bonds. The highest BCUT2D eigenvalue weighted by molar-refractivity contribution is 14.0. The van der Waals surface area contributed by atoms with E-state index < -0.39 is 0 Å². The lowest BCUT2D eigenvalue weighted by Crippen LogP contribution is -2.60. The first-order valence-corrected chi connectivity index (χ1v) is 10.4. The van der Waals surface area contributed by atoms with Gasteiger partial charge in [-0.15, -0.1) is 24.0 Å². The Bertz CT molecular complexity index is 634. The third kappa shape index (κ3) is 5.95. The summed E-state index contributed by atoms with van der Waals surface area (Å²) in [6.45, 7) is 6.94. The number of aliphatic imine (C=N–C) groups is 1. The van der Waals surface area contributed by atoms with Crippen molar-refractivity contribution in [1.29, 1.82) is 0 Å². The van der Waals surface area contributed by atoms with Crippen LogP contribution in [0.3, 0.4) is 0 Å². The van der Waals surface area contributed by atoms with Crippen LogP contribution in [0.25, 0.3) is 0 Å². The fourth-order valence-electron chi connectivity index (χ4n) is 3.61. The summed E-state index contributed by atoms with van der Waals surface area (Å²) in [7, 11) is 1.79. The molecule has 0 saturated carbocycles. The molecule has 0 aromatic heterocycles. The maximum atomic E-state index is 13.4. The van der Waals surface area contributed by atoms with Crippen molar-refractivity contribution >= 4 is 41.7 Å².